The van der Waals surface area contributed by atoms with Gasteiger partial charge in [-0.3, -0.25) is 4.79 Å². The summed E-state index contributed by atoms with van der Waals surface area (Å²) < 4.78 is 5.47. The van der Waals surface area contributed by atoms with Crippen molar-refractivity contribution in [2.75, 3.05) is 6.54 Å². The number of hydrogen-bond donors (Lipinski definition) is 1. The molecule has 0 heterocycles. The summed E-state index contributed by atoms with van der Waals surface area (Å²) in [6.45, 7) is 6.16. The van der Waals surface area contributed by atoms with E-state index < -0.39 is 5.60 Å². The molecule has 2 atom stereocenters. The number of hydrogen-bond acceptors (Lipinski definition) is 3. The quantitative estimate of drug-likeness (QED) is 0.707. The fourth-order valence-electron chi connectivity index (χ4n) is 2.70. The summed E-state index contributed by atoms with van der Waals surface area (Å²) in [5, 5.41) is 0. The first-order valence-electron chi connectivity index (χ1n) is 5.80. The molecule has 2 saturated carbocycles. The molecule has 2 rings (SSSR count). The largest absolute Gasteiger partial charge is 0.460 e. The minimum Gasteiger partial charge on any atom is -0.460 e. The van der Waals surface area contributed by atoms with Gasteiger partial charge < -0.3 is 10.5 Å². The Hall–Kier alpha value is -0.570. The van der Waals surface area contributed by atoms with E-state index in [1.54, 1.807) is 0 Å². The molecular formula is C12H21NO2. The summed E-state index contributed by atoms with van der Waals surface area (Å²) in [4.78, 5) is 12.1. The minimum atomic E-state index is -0.397. The van der Waals surface area contributed by atoms with Crippen molar-refractivity contribution in [1.82, 2.24) is 0 Å². The van der Waals surface area contributed by atoms with Gasteiger partial charge in [0.25, 0.3) is 0 Å². The fourth-order valence-corrected chi connectivity index (χ4v) is 2.70. The number of nitrogens with two attached hydrogens (primary N) is 1. The van der Waals surface area contributed by atoms with Crippen molar-refractivity contribution < 1.29 is 9.53 Å². The maximum absolute atomic E-state index is 12.1. The number of esters is 1. The van der Waals surface area contributed by atoms with Crippen molar-refractivity contribution in [1.29, 1.82) is 0 Å². The molecule has 0 aromatic heterocycles. The predicted octanol–water partition coefficient (Wildman–Crippen LogP) is 1.70. The third-order valence-corrected chi connectivity index (χ3v) is 3.60. The molecule has 0 radical (unpaired) electrons. The molecule has 2 fully saturated rings. The molecule has 0 bridgehead atoms. The Kier molecular flexibility index (Phi) is 2.34. The second-order valence-electron chi connectivity index (χ2n) is 6.15. The summed E-state index contributed by atoms with van der Waals surface area (Å²) in [7, 11) is 0. The molecule has 2 N–H and O–H groups in total. The lowest BCUT2D eigenvalue weighted by atomic mass is 9.83. The second-order valence-corrected chi connectivity index (χ2v) is 6.15. The Morgan fingerprint density at radius 3 is 2.33 bits per heavy atom. The van der Waals surface area contributed by atoms with Crippen LogP contribution in [-0.4, -0.2) is 18.1 Å². The van der Waals surface area contributed by atoms with Gasteiger partial charge in [-0.15, -0.1) is 0 Å². The van der Waals surface area contributed by atoms with Crippen LogP contribution in [0.15, 0.2) is 0 Å². The lowest BCUT2D eigenvalue weighted by molar-refractivity contribution is -0.167. The zero-order valence-corrected chi connectivity index (χ0v) is 9.88. The molecule has 0 aromatic carbocycles. The summed E-state index contributed by atoms with van der Waals surface area (Å²) >= 11 is 0. The van der Waals surface area contributed by atoms with E-state index in [1.165, 1.54) is 6.42 Å². The molecule has 0 aliphatic heterocycles. The molecule has 3 heteroatoms. The smallest absolute Gasteiger partial charge is 0.313 e. The highest BCUT2D eigenvalue weighted by Gasteiger charge is 2.57. The molecule has 0 aromatic rings. The molecular weight excluding hydrogens is 190 g/mol. The van der Waals surface area contributed by atoms with Gasteiger partial charge in [0.1, 0.15) is 5.60 Å². The number of carbonyl (C=O) groups excluding carboxylic acids is 1. The summed E-state index contributed by atoms with van der Waals surface area (Å²) in [5.41, 5.74) is 5.01. The normalized spacial score (nSPS) is 38.7. The van der Waals surface area contributed by atoms with Crippen LogP contribution in [0.25, 0.3) is 0 Å². The van der Waals surface area contributed by atoms with Gasteiger partial charge in [-0.1, -0.05) is 0 Å². The second kappa shape index (κ2) is 3.21. The van der Waals surface area contributed by atoms with Gasteiger partial charge in [0.2, 0.25) is 0 Å². The molecule has 0 amide bonds. The Labute approximate surface area is 91.4 Å². The van der Waals surface area contributed by atoms with Gasteiger partial charge in [0.15, 0.2) is 0 Å². The van der Waals surface area contributed by atoms with E-state index in [1.807, 2.05) is 20.8 Å². The van der Waals surface area contributed by atoms with Crippen LogP contribution in [0.5, 0.6) is 0 Å². The topological polar surface area (TPSA) is 52.3 Å². The lowest BCUT2D eigenvalue weighted by Crippen LogP contribution is -2.42. The summed E-state index contributed by atoms with van der Waals surface area (Å²) in [6, 6.07) is 0. The maximum atomic E-state index is 12.1. The van der Waals surface area contributed by atoms with Gasteiger partial charge in [-0.05, 0) is 51.9 Å². The van der Waals surface area contributed by atoms with Crippen LogP contribution in [0.1, 0.15) is 40.0 Å². The average Bonchev–Trinajstić information content (AvgIpc) is 2.71. The van der Waals surface area contributed by atoms with E-state index >= 15 is 0 Å². The van der Waals surface area contributed by atoms with E-state index in [4.69, 9.17) is 10.5 Å². The Morgan fingerprint density at radius 2 is 1.93 bits per heavy atom. The first kappa shape index (κ1) is 10.9. The van der Waals surface area contributed by atoms with Crippen LogP contribution in [0.4, 0.5) is 0 Å². The summed E-state index contributed by atoms with van der Waals surface area (Å²) in [5.74, 6) is 1.42. The molecule has 0 saturated heterocycles. The Balaban J connectivity index is 2.03. The molecule has 2 aliphatic carbocycles. The van der Waals surface area contributed by atoms with E-state index in [9.17, 15) is 4.79 Å². The average molecular weight is 211 g/mol. The SMILES string of the molecule is CC(C)(C)OC(=O)C1(CN)CC2CC2C1. The van der Waals surface area contributed by atoms with E-state index in [0.29, 0.717) is 6.54 Å². The molecule has 0 spiro atoms. The number of carbonyl (C=O) groups is 1. The van der Waals surface area contributed by atoms with Crippen molar-refractivity contribution in [3.05, 3.63) is 0 Å². The third-order valence-electron chi connectivity index (χ3n) is 3.60. The highest BCUT2D eigenvalue weighted by Crippen LogP contribution is 2.60. The third kappa shape index (κ3) is 2.03. The van der Waals surface area contributed by atoms with Crippen LogP contribution in [0.2, 0.25) is 0 Å². The van der Waals surface area contributed by atoms with Gasteiger partial charge in [-0.2, -0.15) is 0 Å². The zero-order valence-electron chi connectivity index (χ0n) is 9.88. The van der Waals surface area contributed by atoms with Crippen LogP contribution < -0.4 is 5.73 Å². The summed E-state index contributed by atoms with van der Waals surface area (Å²) in [6.07, 6.45) is 3.19. The standard InChI is InChI=1S/C12H21NO2/c1-11(2,3)15-10(14)12(7-13)5-8-4-9(8)6-12/h8-9H,4-7,13H2,1-3H3. The zero-order chi connectivity index (χ0) is 11.3. The van der Waals surface area contributed by atoms with Crippen molar-refractivity contribution in [3.8, 4) is 0 Å². The Bertz CT molecular complexity index is 270. The van der Waals surface area contributed by atoms with Crippen LogP contribution >= 0.6 is 0 Å². The highest BCUT2D eigenvalue weighted by molar-refractivity contribution is 5.78. The van der Waals surface area contributed by atoms with Crippen LogP contribution in [0, 0.1) is 17.3 Å². The van der Waals surface area contributed by atoms with Crippen LogP contribution in [-0.2, 0) is 9.53 Å². The van der Waals surface area contributed by atoms with Crippen LogP contribution in [0.3, 0.4) is 0 Å². The fraction of sp³-hybridized carbons (Fsp3) is 0.917. The molecule has 15 heavy (non-hydrogen) atoms. The molecule has 3 nitrogen and oxygen atoms in total. The van der Waals surface area contributed by atoms with E-state index in [-0.39, 0.29) is 11.4 Å². The first-order chi connectivity index (χ1) is 6.86. The lowest BCUT2D eigenvalue weighted by Gasteiger charge is -2.31. The van der Waals surface area contributed by atoms with Gasteiger partial charge in [0.05, 0.1) is 5.41 Å². The number of rotatable bonds is 2. The number of fused-ring (bicyclic) bond motifs is 1. The highest BCUT2D eigenvalue weighted by atomic mass is 16.6. The number of ether oxygens (including phenoxy) is 1. The van der Waals surface area contributed by atoms with Gasteiger partial charge >= 0.3 is 5.97 Å². The van der Waals surface area contributed by atoms with E-state index in [2.05, 4.69) is 0 Å². The maximum Gasteiger partial charge on any atom is 0.313 e. The van der Waals surface area contributed by atoms with E-state index in [0.717, 1.165) is 24.7 Å². The molecule has 2 unspecified atom stereocenters. The molecule has 2 aliphatic rings. The van der Waals surface area contributed by atoms with Gasteiger partial charge in [-0.25, -0.2) is 0 Å². The van der Waals surface area contributed by atoms with Crippen molar-refractivity contribution >= 4 is 5.97 Å². The Morgan fingerprint density at radius 1 is 1.40 bits per heavy atom. The van der Waals surface area contributed by atoms with Gasteiger partial charge in [0, 0.05) is 6.54 Å². The monoisotopic (exact) mass is 211 g/mol. The predicted molar refractivity (Wildman–Crippen MR) is 58.2 cm³/mol. The van der Waals surface area contributed by atoms with Crippen molar-refractivity contribution in [3.63, 3.8) is 0 Å². The molecule has 86 valence electrons. The van der Waals surface area contributed by atoms with Crippen molar-refractivity contribution in [2.24, 2.45) is 23.0 Å². The minimum absolute atomic E-state index is 0.0790. The first-order valence-corrected chi connectivity index (χ1v) is 5.80. The van der Waals surface area contributed by atoms with Crippen molar-refractivity contribution in [2.45, 2.75) is 45.6 Å².